The van der Waals surface area contributed by atoms with Crippen LogP contribution in [0.15, 0.2) is 47.4 Å². The molecule has 2 aromatic carbocycles. The van der Waals surface area contributed by atoms with Crippen molar-refractivity contribution in [2.75, 3.05) is 13.6 Å². The third-order valence-electron chi connectivity index (χ3n) is 3.49. The second-order valence-corrected chi connectivity index (χ2v) is 8.32. The predicted octanol–water partition coefficient (Wildman–Crippen LogP) is 4.14. The molecule has 0 bridgehead atoms. The molecular weight excluding hydrogens is 404 g/mol. The molecule has 0 saturated carbocycles. The lowest BCUT2D eigenvalue weighted by Gasteiger charge is -2.17. The van der Waals surface area contributed by atoms with Crippen molar-refractivity contribution in [3.63, 3.8) is 0 Å². The molecule has 0 fully saturated rings. The van der Waals surface area contributed by atoms with Crippen LogP contribution >= 0.6 is 23.2 Å². The Hall–Kier alpha value is -1.67. The number of rotatable bonds is 7. The zero-order chi connectivity index (χ0) is 19.3. The van der Waals surface area contributed by atoms with Crippen LogP contribution in [0.25, 0.3) is 0 Å². The number of esters is 1. The fourth-order valence-electron chi connectivity index (χ4n) is 2.08. The van der Waals surface area contributed by atoms with Gasteiger partial charge >= 0.3 is 5.97 Å². The molecule has 0 spiro atoms. The van der Waals surface area contributed by atoms with E-state index in [0.29, 0.717) is 5.02 Å². The molecule has 9 heteroatoms. The molecule has 2 aromatic rings. The van der Waals surface area contributed by atoms with Gasteiger partial charge in [-0.3, -0.25) is 4.79 Å². The van der Waals surface area contributed by atoms with Crippen molar-refractivity contribution in [1.82, 2.24) is 4.31 Å². The molecule has 0 aliphatic carbocycles. The zero-order valence-corrected chi connectivity index (χ0v) is 16.1. The molecule has 0 N–H and O–H groups in total. The number of hydrogen-bond donors (Lipinski definition) is 0. The Labute approximate surface area is 161 Å². The van der Waals surface area contributed by atoms with Crippen molar-refractivity contribution >= 4 is 39.2 Å². The Morgan fingerprint density at radius 2 is 1.81 bits per heavy atom. The van der Waals surface area contributed by atoms with E-state index in [1.807, 2.05) is 0 Å². The minimum Gasteiger partial charge on any atom is -0.425 e. The average molecular weight is 420 g/mol. The Bertz CT molecular complexity index is 888. The van der Waals surface area contributed by atoms with Gasteiger partial charge < -0.3 is 4.74 Å². The van der Waals surface area contributed by atoms with Crippen LogP contribution in [-0.2, 0) is 14.8 Å². The molecule has 0 amide bonds. The van der Waals surface area contributed by atoms with Gasteiger partial charge in [0.2, 0.25) is 10.0 Å². The number of halogens is 3. The fraction of sp³-hybridized carbons (Fsp3) is 0.235. The molecular formula is C17H16Cl2FNO4S. The number of ether oxygens (including phenoxy) is 1. The van der Waals surface area contributed by atoms with Gasteiger partial charge in [-0.15, -0.1) is 0 Å². The summed E-state index contributed by atoms with van der Waals surface area (Å²) in [5.41, 5.74) is 0. The third-order valence-corrected chi connectivity index (χ3v) is 5.90. The summed E-state index contributed by atoms with van der Waals surface area (Å²) >= 11 is 11.7. The summed E-state index contributed by atoms with van der Waals surface area (Å²) in [5.74, 6) is -0.870. The van der Waals surface area contributed by atoms with Crippen LogP contribution in [0, 0.1) is 5.82 Å². The van der Waals surface area contributed by atoms with Crippen LogP contribution in [0.2, 0.25) is 10.0 Å². The maximum Gasteiger partial charge on any atom is 0.311 e. The highest BCUT2D eigenvalue weighted by Crippen LogP contribution is 2.27. The van der Waals surface area contributed by atoms with Gasteiger partial charge in [-0.25, -0.2) is 17.1 Å². The number of benzene rings is 2. The molecule has 0 unspecified atom stereocenters. The summed E-state index contributed by atoms with van der Waals surface area (Å²) in [6.07, 6.45) is 0.253. The Morgan fingerprint density at radius 1 is 1.15 bits per heavy atom. The average Bonchev–Trinajstić information content (AvgIpc) is 2.57. The van der Waals surface area contributed by atoms with Crippen molar-refractivity contribution in [2.24, 2.45) is 0 Å². The summed E-state index contributed by atoms with van der Waals surface area (Å²) in [5, 5.41) is 0.629. The van der Waals surface area contributed by atoms with Gasteiger partial charge in [-0.2, -0.15) is 0 Å². The summed E-state index contributed by atoms with van der Waals surface area (Å²) in [6, 6.07) is 9.01. The van der Waals surface area contributed by atoms with Crippen LogP contribution in [0.4, 0.5) is 4.39 Å². The lowest BCUT2D eigenvalue weighted by molar-refractivity contribution is -0.134. The highest BCUT2D eigenvalue weighted by atomic mass is 35.5. The van der Waals surface area contributed by atoms with E-state index in [-0.39, 0.29) is 35.1 Å². The topological polar surface area (TPSA) is 63.7 Å². The van der Waals surface area contributed by atoms with E-state index in [4.69, 9.17) is 27.9 Å². The third kappa shape index (κ3) is 5.41. The molecule has 0 aliphatic heterocycles. The normalized spacial score (nSPS) is 11.6. The standard InChI is InChI=1S/C17H16Cl2FNO4S/c1-21(26(23,24)14-7-5-13(20)6-8-14)10-2-3-17(22)25-16-9-4-12(18)11-15(16)19/h4-9,11H,2-3,10H2,1H3. The van der Waals surface area contributed by atoms with Crippen molar-refractivity contribution in [2.45, 2.75) is 17.7 Å². The van der Waals surface area contributed by atoms with Crippen molar-refractivity contribution < 1.29 is 22.3 Å². The number of nitrogens with zero attached hydrogens (tertiary/aromatic N) is 1. The molecule has 0 heterocycles. The highest BCUT2D eigenvalue weighted by Gasteiger charge is 2.20. The van der Waals surface area contributed by atoms with Crippen LogP contribution < -0.4 is 4.74 Å². The maximum absolute atomic E-state index is 12.9. The van der Waals surface area contributed by atoms with E-state index in [2.05, 4.69) is 0 Å². The molecule has 0 aromatic heterocycles. The largest absolute Gasteiger partial charge is 0.425 e. The van der Waals surface area contributed by atoms with Crippen LogP contribution in [-0.4, -0.2) is 32.3 Å². The van der Waals surface area contributed by atoms with E-state index in [1.165, 1.54) is 31.3 Å². The van der Waals surface area contributed by atoms with Gasteiger partial charge in [0.1, 0.15) is 11.6 Å². The lowest BCUT2D eigenvalue weighted by Crippen LogP contribution is -2.28. The van der Waals surface area contributed by atoms with E-state index < -0.39 is 21.8 Å². The summed E-state index contributed by atoms with van der Waals surface area (Å²) in [6.45, 7) is 0.100. The smallest absolute Gasteiger partial charge is 0.311 e. The molecule has 5 nitrogen and oxygen atoms in total. The number of carbonyl (C=O) groups excluding carboxylic acids is 1. The predicted molar refractivity (Wildman–Crippen MR) is 97.5 cm³/mol. The highest BCUT2D eigenvalue weighted by molar-refractivity contribution is 7.89. The Kier molecular flexibility index (Phi) is 7.00. The summed E-state index contributed by atoms with van der Waals surface area (Å²) < 4.78 is 43.8. The van der Waals surface area contributed by atoms with Crippen molar-refractivity contribution in [3.8, 4) is 5.75 Å². The first-order valence-electron chi connectivity index (χ1n) is 7.58. The first-order chi connectivity index (χ1) is 12.2. The quantitative estimate of drug-likeness (QED) is 0.499. The minimum absolute atomic E-state index is 0.00222. The fourth-order valence-corrected chi connectivity index (χ4v) is 3.74. The second kappa shape index (κ2) is 8.81. The van der Waals surface area contributed by atoms with E-state index in [1.54, 1.807) is 6.07 Å². The van der Waals surface area contributed by atoms with Gasteiger partial charge in [0.25, 0.3) is 0 Å². The van der Waals surface area contributed by atoms with E-state index in [9.17, 15) is 17.6 Å². The van der Waals surface area contributed by atoms with Gasteiger partial charge in [0, 0.05) is 25.0 Å². The van der Waals surface area contributed by atoms with Crippen LogP contribution in [0.3, 0.4) is 0 Å². The number of hydrogen-bond acceptors (Lipinski definition) is 4. The molecule has 26 heavy (non-hydrogen) atoms. The number of carbonyl (C=O) groups is 1. The Balaban J connectivity index is 1.88. The molecule has 0 atom stereocenters. The lowest BCUT2D eigenvalue weighted by atomic mass is 10.3. The second-order valence-electron chi connectivity index (χ2n) is 5.43. The van der Waals surface area contributed by atoms with Crippen molar-refractivity contribution in [1.29, 1.82) is 0 Å². The van der Waals surface area contributed by atoms with Gasteiger partial charge in [-0.05, 0) is 48.9 Å². The van der Waals surface area contributed by atoms with Crippen LogP contribution in [0.1, 0.15) is 12.8 Å². The van der Waals surface area contributed by atoms with Gasteiger partial charge in [0.15, 0.2) is 0 Å². The van der Waals surface area contributed by atoms with E-state index in [0.717, 1.165) is 16.4 Å². The SMILES string of the molecule is CN(CCCC(=O)Oc1ccc(Cl)cc1Cl)S(=O)(=O)c1ccc(F)cc1. The molecule has 0 radical (unpaired) electrons. The first kappa shape index (κ1) is 20.6. The summed E-state index contributed by atoms with van der Waals surface area (Å²) in [4.78, 5) is 11.8. The van der Waals surface area contributed by atoms with Gasteiger partial charge in [-0.1, -0.05) is 23.2 Å². The first-order valence-corrected chi connectivity index (χ1v) is 9.77. The summed E-state index contributed by atoms with van der Waals surface area (Å²) in [7, 11) is -2.36. The van der Waals surface area contributed by atoms with Crippen LogP contribution in [0.5, 0.6) is 5.75 Å². The van der Waals surface area contributed by atoms with E-state index >= 15 is 0 Å². The Morgan fingerprint density at radius 3 is 2.42 bits per heavy atom. The van der Waals surface area contributed by atoms with Gasteiger partial charge in [0.05, 0.1) is 9.92 Å². The molecule has 140 valence electrons. The minimum atomic E-state index is -3.75. The number of sulfonamides is 1. The molecule has 0 aliphatic rings. The monoisotopic (exact) mass is 419 g/mol. The zero-order valence-electron chi connectivity index (χ0n) is 13.8. The maximum atomic E-state index is 12.9. The molecule has 2 rings (SSSR count). The molecule has 0 saturated heterocycles. The van der Waals surface area contributed by atoms with Crippen molar-refractivity contribution in [3.05, 3.63) is 58.3 Å².